The largest absolute Gasteiger partial charge is 0.496 e. The molecule has 0 atom stereocenters. The number of ether oxygens (including phenoxy) is 2. The third-order valence-electron chi connectivity index (χ3n) is 10.2. The van der Waals surface area contributed by atoms with Gasteiger partial charge >= 0.3 is 6.09 Å². The van der Waals surface area contributed by atoms with Gasteiger partial charge < -0.3 is 19.7 Å². The summed E-state index contributed by atoms with van der Waals surface area (Å²) in [4.78, 5) is 28.7. The number of amides is 2. The van der Waals surface area contributed by atoms with Crippen molar-refractivity contribution in [2.45, 2.75) is 110 Å². The summed E-state index contributed by atoms with van der Waals surface area (Å²) < 4.78 is 12.9. The van der Waals surface area contributed by atoms with Gasteiger partial charge in [-0.2, -0.15) is 5.10 Å². The lowest BCUT2D eigenvalue weighted by atomic mass is 9.77. The second-order valence-corrected chi connectivity index (χ2v) is 15.3. The van der Waals surface area contributed by atoms with Crippen LogP contribution in [0.1, 0.15) is 109 Å². The van der Waals surface area contributed by atoms with Crippen molar-refractivity contribution in [1.29, 1.82) is 0 Å². The minimum absolute atomic E-state index is 0.0197. The zero-order valence-electron chi connectivity index (χ0n) is 30.1. The minimum atomic E-state index is -0.516. The Balaban J connectivity index is 1.28. The van der Waals surface area contributed by atoms with Crippen LogP contribution < -0.4 is 15.0 Å². The number of anilines is 1. The molecule has 1 N–H and O–H groups in total. The Kier molecular flexibility index (Phi) is 11.5. The van der Waals surface area contributed by atoms with E-state index in [2.05, 4.69) is 84.7 Å². The maximum Gasteiger partial charge on any atom is 0.407 e. The van der Waals surface area contributed by atoms with Crippen molar-refractivity contribution in [3.63, 3.8) is 0 Å². The van der Waals surface area contributed by atoms with Gasteiger partial charge in [0.2, 0.25) is 5.91 Å². The van der Waals surface area contributed by atoms with E-state index >= 15 is 0 Å². The molecule has 2 aliphatic rings. The van der Waals surface area contributed by atoms with E-state index in [0.717, 1.165) is 80.5 Å². The molecule has 0 bridgehead atoms. The van der Waals surface area contributed by atoms with Gasteiger partial charge in [-0.1, -0.05) is 24.3 Å². The van der Waals surface area contributed by atoms with Crippen LogP contribution in [0.25, 0.3) is 11.1 Å². The molecule has 0 saturated heterocycles. The van der Waals surface area contributed by atoms with Crippen molar-refractivity contribution in [3.8, 4) is 16.9 Å². The number of nitrogens with one attached hydrogen (secondary N) is 1. The third-order valence-corrected chi connectivity index (χ3v) is 10.2. The van der Waals surface area contributed by atoms with Crippen LogP contribution in [0.3, 0.4) is 0 Å². The number of rotatable bonds is 10. The first kappa shape index (κ1) is 35.5. The number of nitrogens with zero attached hydrogens (tertiary/aromatic N) is 3. The molecule has 0 spiro atoms. The highest BCUT2D eigenvalue weighted by molar-refractivity contribution is 5.95. The van der Waals surface area contributed by atoms with Crippen LogP contribution in [-0.4, -0.2) is 47.6 Å². The number of benzene rings is 2. The molecule has 2 saturated carbocycles. The van der Waals surface area contributed by atoms with Gasteiger partial charge in [0, 0.05) is 42.5 Å². The lowest BCUT2D eigenvalue weighted by molar-refractivity contribution is -0.123. The number of methoxy groups -OCH3 is 1. The normalized spacial score (nSPS) is 21.5. The van der Waals surface area contributed by atoms with Crippen LogP contribution in [0.5, 0.6) is 5.75 Å². The smallest absolute Gasteiger partial charge is 0.407 e. The van der Waals surface area contributed by atoms with Crippen LogP contribution in [0.4, 0.5) is 10.5 Å². The Labute approximate surface area is 287 Å². The van der Waals surface area contributed by atoms with E-state index in [0.29, 0.717) is 24.3 Å². The maximum absolute atomic E-state index is 14.4. The average Bonchev–Trinajstić information content (AvgIpc) is 3.57. The molecule has 2 fully saturated rings. The Bertz CT molecular complexity index is 1520. The van der Waals surface area contributed by atoms with Gasteiger partial charge in [0.25, 0.3) is 0 Å². The SMILES string of the molecule is COc1ccc([C@H]2CC[C@H](CN(c3cccc(-c4cnn(C(C)C)c4)c3)C(=O)[C@H]3CC[C@H](CNC(=O)OC(C)(C)C)CC3)CC2)cc1C. The molecule has 1 heterocycles. The lowest BCUT2D eigenvalue weighted by Gasteiger charge is -2.36. The van der Waals surface area contributed by atoms with Crippen LogP contribution in [0.2, 0.25) is 0 Å². The summed E-state index contributed by atoms with van der Waals surface area (Å²) in [5, 5.41) is 7.50. The van der Waals surface area contributed by atoms with E-state index in [1.54, 1.807) is 7.11 Å². The topological polar surface area (TPSA) is 85.7 Å². The summed E-state index contributed by atoms with van der Waals surface area (Å²) in [6.07, 6.45) is 11.6. The van der Waals surface area contributed by atoms with Gasteiger partial charge in [-0.15, -0.1) is 0 Å². The minimum Gasteiger partial charge on any atom is -0.496 e. The molecule has 8 nitrogen and oxygen atoms in total. The Morgan fingerprint density at radius 3 is 2.29 bits per heavy atom. The summed E-state index contributed by atoms with van der Waals surface area (Å²) in [6, 6.07) is 15.3. The summed E-state index contributed by atoms with van der Waals surface area (Å²) in [7, 11) is 1.73. The molecular weight excluding hydrogens is 600 g/mol. The van der Waals surface area contributed by atoms with Gasteiger partial charge in [0.05, 0.1) is 13.3 Å². The molecule has 8 heteroatoms. The molecule has 0 unspecified atom stereocenters. The molecule has 2 aromatic carbocycles. The van der Waals surface area contributed by atoms with E-state index in [4.69, 9.17) is 9.47 Å². The number of alkyl carbamates (subject to hydrolysis) is 1. The van der Waals surface area contributed by atoms with E-state index in [9.17, 15) is 9.59 Å². The Morgan fingerprint density at radius 1 is 0.958 bits per heavy atom. The number of hydrogen-bond acceptors (Lipinski definition) is 5. The first-order chi connectivity index (χ1) is 22.9. The maximum atomic E-state index is 14.4. The first-order valence-corrected chi connectivity index (χ1v) is 18.0. The fourth-order valence-corrected chi connectivity index (χ4v) is 7.41. The Hall–Kier alpha value is -3.81. The van der Waals surface area contributed by atoms with Crippen LogP contribution in [0.15, 0.2) is 54.9 Å². The summed E-state index contributed by atoms with van der Waals surface area (Å²) in [6.45, 7) is 13.3. The number of aromatic nitrogens is 2. The van der Waals surface area contributed by atoms with Crippen molar-refractivity contribution in [2.24, 2.45) is 17.8 Å². The zero-order valence-corrected chi connectivity index (χ0v) is 30.1. The predicted octanol–water partition coefficient (Wildman–Crippen LogP) is 9.09. The number of carbonyl (C=O) groups is 2. The van der Waals surface area contributed by atoms with E-state index in [-0.39, 0.29) is 24.0 Å². The molecule has 260 valence electrons. The summed E-state index contributed by atoms with van der Waals surface area (Å²) in [5.74, 6) is 2.50. The molecule has 5 rings (SSSR count). The molecule has 0 radical (unpaired) electrons. The predicted molar refractivity (Wildman–Crippen MR) is 193 cm³/mol. The summed E-state index contributed by atoms with van der Waals surface area (Å²) in [5.41, 5.74) is 5.17. The van der Waals surface area contributed by atoms with Crippen LogP contribution in [-0.2, 0) is 9.53 Å². The number of carbonyl (C=O) groups excluding carboxylic acids is 2. The highest BCUT2D eigenvalue weighted by Crippen LogP contribution is 2.39. The molecule has 0 aliphatic heterocycles. The van der Waals surface area contributed by atoms with E-state index < -0.39 is 5.60 Å². The van der Waals surface area contributed by atoms with Gasteiger partial charge in [-0.05, 0) is 146 Å². The highest BCUT2D eigenvalue weighted by Gasteiger charge is 2.33. The van der Waals surface area contributed by atoms with Crippen molar-refractivity contribution in [2.75, 3.05) is 25.1 Å². The van der Waals surface area contributed by atoms with E-state index in [1.807, 2.05) is 31.6 Å². The van der Waals surface area contributed by atoms with Crippen molar-refractivity contribution >= 4 is 17.7 Å². The Morgan fingerprint density at radius 2 is 1.67 bits per heavy atom. The fraction of sp³-hybridized carbons (Fsp3) is 0.575. The average molecular weight is 657 g/mol. The highest BCUT2D eigenvalue weighted by atomic mass is 16.6. The lowest BCUT2D eigenvalue weighted by Crippen LogP contribution is -2.42. The summed E-state index contributed by atoms with van der Waals surface area (Å²) >= 11 is 0. The monoisotopic (exact) mass is 656 g/mol. The molecule has 3 aromatic rings. The fourth-order valence-electron chi connectivity index (χ4n) is 7.41. The molecule has 2 aliphatic carbocycles. The zero-order chi connectivity index (χ0) is 34.4. The molecule has 1 aromatic heterocycles. The van der Waals surface area contributed by atoms with Gasteiger partial charge in [0.15, 0.2) is 0 Å². The van der Waals surface area contributed by atoms with Gasteiger partial charge in [0.1, 0.15) is 11.4 Å². The standard InChI is InChI=1S/C40H56N4O4/c1-27(2)44-26-35(24-42-44)33-9-8-10-36(22-33)43(25-30-13-15-31(16-14-30)34-19-20-37(47-7)28(3)21-34)38(45)32-17-11-29(12-18-32)23-41-39(46)48-40(4,5)6/h8-10,19-22,24,26-27,29-32H,11-18,23,25H2,1-7H3,(H,41,46)/t29-,30-,31-,32-. The number of aryl methyl sites for hydroxylation is 1. The first-order valence-electron chi connectivity index (χ1n) is 18.0. The molecule has 2 amide bonds. The van der Waals surface area contributed by atoms with Crippen molar-refractivity contribution in [3.05, 3.63) is 66.0 Å². The molecular formula is C40H56N4O4. The van der Waals surface area contributed by atoms with Crippen LogP contribution in [0, 0.1) is 24.7 Å². The van der Waals surface area contributed by atoms with Gasteiger partial charge in [-0.25, -0.2) is 4.79 Å². The quantitative estimate of drug-likeness (QED) is 0.235. The van der Waals surface area contributed by atoms with Crippen LogP contribution >= 0.6 is 0 Å². The van der Waals surface area contributed by atoms with E-state index in [1.165, 1.54) is 11.1 Å². The second kappa shape index (κ2) is 15.6. The van der Waals surface area contributed by atoms with Crippen molar-refractivity contribution in [1.82, 2.24) is 15.1 Å². The second-order valence-electron chi connectivity index (χ2n) is 15.3. The van der Waals surface area contributed by atoms with Crippen molar-refractivity contribution < 1.29 is 19.1 Å². The molecule has 48 heavy (non-hydrogen) atoms. The third kappa shape index (κ3) is 9.20. The number of hydrogen-bond donors (Lipinski definition) is 1. The van der Waals surface area contributed by atoms with Gasteiger partial charge in [-0.3, -0.25) is 9.48 Å².